The van der Waals surface area contributed by atoms with Gasteiger partial charge in [0.2, 0.25) is 5.56 Å². The van der Waals surface area contributed by atoms with Crippen LogP contribution in [-0.2, 0) is 0 Å². The highest BCUT2D eigenvalue weighted by Crippen LogP contribution is 2.15. The van der Waals surface area contributed by atoms with Gasteiger partial charge in [0.15, 0.2) is 0 Å². The average molecular weight is 199 g/mol. The lowest BCUT2D eigenvalue weighted by atomic mass is 10.3. The maximum atomic E-state index is 10.8. The first-order valence-electron chi connectivity index (χ1n) is 4.50. The Morgan fingerprint density at radius 3 is 2.27 bits per heavy atom. The molecule has 0 unspecified atom stereocenters. The van der Waals surface area contributed by atoms with Gasteiger partial charge in [0, 0.05) is 12.3 Å². The summed E-state index contributed by atoms with van der Waals surface area (Å²) in [5, 5.41) is 7.98. The van der Waals surface area contributed by atoms with E-state index in [0.717, 1.165) is 5.69 Å². The average Bonchev–Trinajstić information content (AvgIpc) is 2.30. The molecule has 4 nitrogen and oxygen atoms in total. The summed E-state index contributed by atoms with van der Waals surface area (Å²) in [4.78, 5) is 13.3. The first-order chi connectivity index (χ1) is 7.34. The zero-order valence-corrected chi connectivity index (χ0v) is 7.92. The Labute approximate surface area is 86.3 Å². The summed E-state index contributed by atoms with van der Waals surface area (Å²) in [7, 11) is 0. The maximum absolute atomic E-state index is 10.8. The monoisotopic (exact) mass is 199 g/mol. The Bertz CT molecular complexity index is 496. The van der Waals surface area contributed by atoms with Crippen molar-refractivity contribution in [3.05, 3.63) is 59.0 Å². The van der Waals surface area contributed by atoms with E-state index in [1.54, 1.807) is 6.07 Å². The van der Waals surface area contributed by atoms with E-state index in [2.05, 4.69) is 15.2 Å². The molecule has 0 spiro atoms. The fourth-order valence-corrected chi connectivity index (χ4v) is 1.07. The SMILES string of the molecule is O=c1ccc(N=Nc2ccccc2)c[nH]1. The first kappa shape index (κ1) is 9.33. The summed E-state index contributed by atoms with van der Waals surface area (Å²) >= 11 is 0. The summed E-state index contributed by atoms with van der Waals surface area (Å²) < 4.78 is 0. The summed E-state index contributed by atoms with van der Waals surface area (Å²) in [5.41, 5.74) is 1.26. The number of benzene rings is 1. The molecule has 2 rings (SSSR count). The molecule has 0 amide bonds. The molecular weight excluding hydrogens is 190 g/mol. The number of hydrogen-bond acceptors (Lipinski definition) is 3. The van der Waals surface area contributed by atoms with Gasteiger partial charge in [0.1, 0.15) is 5.69 Å². The van der Waals surface area contributed by atoms with Gasteiger partial charge >= 0.3 is 0 Å². The Morgan fingerprint density at radius 1 is 0.867 bits per heavy atom. The van der Waals surface area contributed by atoms with Crippen molar-refractivity contribution in [1.29, 1.82) is 0 Å². The lowest BCUT2D eigenvalue weighted by Gasteiger charge is -1.91. The van der Waals surface area contributed by atoms with E-state index in [4.69, 9.17) is 0 Å². The summed E-state index contributed by atoms with van der Waals surface area (Å²) in [5.74, 6) is 0. The second-order valence-corrected chi connectivity index (χ2v) is 2.95. The third kappa shape index (κ3) is 2.60. The van der Waals surface area contributed by atoms with Crippen LogP contribution in [0.3, 0.4) is 0 Å². The minimum Gasteiger partial charge on any atom is -0.327 e. The van der Waals surface area contributed by atoms with Crippen LogP contribution in [-0.4, -0.2) is 4.98 Å². The fraction of sp³-hybridized carbons (Fsp3) is 0. The molecule has 1 aromatic heterocycles. The van der Waals surface area contributed by atoms with Gasteiger partial charge in [-0.3, -0.25) is 4.79 Å². The quantitative estimate of drug-likeness (QED) is 0.743. The highest BCUT2D eigenvalue weighted by atomic mass is 16.1. The molecule has 15 heavy (non-hydrogen) atoms. The van der Waals surface area contributed by atoms with Crippen LogP contribution in [0.15, 0.2) is 63.7 Å². The van der Waals surface area contributed by atoms with E-state index in [-0.39, 0.29) is 5.56 Å². The molecule has 0 saturated carbocycles. The van der Waals surface area contributed by atoms with Crippen LogP contribution >= 0.6 is 0 Å². The summed E-state index contributed by atoms with van der Waals surface area (Å²) in [6.07, 6.45) is 1.52. The molecule has 0 radical (unpaired) electrons. The lowest BCUT2D eigenvalue weighted by Crippen LogP contribution is -1.99. The zero-order chi connectivity index (χ0) is 10.5. The standard InChI is InChI=1S/C11H9N3O/c15-11-7-6-10(8-12-11)14-13-9-4-2-1-3-5-9/h1-8H,(H,12,15). The second-order valence-electron chi connectivity index (χ2n) is 2.95. The summed E-state index contributed by atoms with van der Waals surface area (Å²) in [6.45, 7) is 0. The molecule has 0 saturated heterocycles. The van der Waals surface area contributed by atoms with Gasteiger partial charge in [-0.2, -0.15) is 5.11 Å². The highest BCUT2D eigenvalue weighted by molar-refractivity contribution is 5.37. The Morgan fingerprint density at radius 2 is 1.60 bits per heavy atom. The molecule has 1 aromatic carbocycles. The topological polar surface area (TPSA) is 57.6 Å². The predicted octanol–water partition coefficient (Wildman–Crippen LogP) is 2.79. The van der Waals surface area contributed by atoms with Crippen LogP contribution in [0.25, 0.3) is 0 Å². The molecule has 0 aliphatic rings. The largest absolute Gasteiger partial charge is 0.327 e. The molecule has 1 heterocycles. The molecule has 0 bridgehead atoms. The van der Waals surface area contributed by atoms with E-state index in [0.29, 0.717) is 5.69 Å². The van der Waals surface area contributed by atoms with Crippen molar-refractivity contribution in [3.8, 4) is 0 Å². The molecule has 74 valence electrons. The van der Waals surface area contributed by atoms with Gasteiger partial charge in [0.25, 0.3) is 0 Å². The van der Waals surface area contributed by atoms with Gasteiger partial charge in [-0.1, -0.05) is 18.2 Å². The number of aromatic nitrogens is 1. The minimum atomic E-state index is -0.145. The number of H-pyrrole nitrogens is 1. The normalized spacial score (nSPS) is 10.7. The van der Waals surface area contributed by atoms with E-state index < -0.39 is 0 Å². The number of nitrogens with zero attached hydrogens (tertiary/aromatic N) is 2. The van der Waals surface area contributed by atoms with Crippen molar-refractivity contribution in [2.75, 3.05) is 0 Å². The van der Waals surface area contributed by atoms with Gasteiger partial charge in [0.05, 0.1) is 5.69 Å². The van der Waals surface area contributed by atoms with E-state index in [1.807, 2.05) is 30.3 Å². The second kappa shape index (κ2) is 4.32. The molecule has 0 aliphatic carbocycles. The number of hydrogen-bond donors (Lipinski definition) is 1. The van der Waals surface area contributed by atoms with Crippen molar-refractivity contribution in [2.24, 2.45) is 10.2 Å². The zero-order valence-electron chi connectivity index (χ0n) is 7.92. The lowest BCUT2D eigenvalue weighted by molar-refractivity contribution is 1.17. The Balaban J connectivity index is 2.19. The third-order valence-electron chi connectivity index (χ3n) is 1.80. The number of rotatable bonds is 2. The Kier molecular flexibility index (Phi) is 2.69. The van der Waals surface area contributed by atoms with E-state index >= 15 is 0 Å². The van der Waals surface area contributed by atoms with E-state index in [1.165, 1.54) is 12.3 Å². The van der Waals surface area contributed by atoms with Gasteiger partial charge in [-0.15, -0.1) is 5.11 Å². The van der Waals surface area contributed by atoms with Crippen LogP contribution < -0.4 is 5.56 Å². The molecule has 1 N–H and O–H groups in total. The smallest absolute Gasteiger partial charge is 0.248 e. The van der Waals surface area contributed by atoms with Gasteiger partial charge in [-0.25, -0.2) is 0 Å². The third-order valence-corrected chi connectivity index (χ3v) is 1.80. The molecule has 2 aromatic rings. The van der Waals surface area contributed by atoms with E-state index in [9.17, 15) is 4.79 Å². The van der Waals surface area contributed by atoms with Crippen LogP contribution in [0.5, 0.6) is 0 Å². The molecule has 0 aliphatic heterocycles. The fourth-order valence-electron chi connectivity index (χ4n) is 1.07. The molecule has 0 atom stereocenters. The number of nitrogens with one attached hydrogen (secondary N) is 1. The molecule has 4 heteroatoms. The van der Waals surface area contributed by atoms with Crippen molar-refractivity contribution in [2.45, 2.75) is 0 Å². The number of pyridine rings is 1. The van der Waals surface area contributed by atoms with Gasteiger partial charge < -0.3 is 4.98 Å². The van der Waals surface area contributed by atoms with Crippen LogP contribution in [0.2, 0.25) is 0 Å². The number of azo groups is 1. The minimum absolute atomic E-state index is 0.145. The highest BCUT2D eigenvalue weighted by Gasteiger charge is 1.89. The van der Waals surface area contributed by atoms with Crippen molar-refractivity contribution >= 4 is 11.4 Å². The van der Waals surface area contributed by atoms with Gasteiger partial charge in [-0.05, 0) is 18.2 Å². The van der Waals surface area contributed by atoms with Crippen LogP contribution in [0, 0.1) is 0 Å². The van der Waals surface area contributed by atoms with Crippen LogP contribution in [0.4, 0.5) is 11.4 Å². The van der Waals surface area contributed by atoms with Crippen molar-refractivity contribution < 1.29 is 0 Å². The summed E-state index contributed by atoms with van der Waals surface area (Å²) in [6, 6.07) is 12.4. The molecule has 0 fully saturated rings. The van der Waals surface area contributed by atoms with Crippen molar-refractivity contribution in [1.82, 2.24) is 4.98 Å². The number of aromatic amines is 1. The molecular formula is C11H9N3O. The predicted molar refractivity (Wildman–Crippen MR) is 57.7 cm³/mol. The first-order valence-corrected chi connectivity index (χ1v) is 4.50. The van der Waals surface area contributed by atoms with Crippen molar-refractivity contribution in [3.63, 3.8) is 0 Å². The maximum Gasteiger partial charge on any atom is 0.248 e. The van der Waals surface area contributed by atoms with Crippen LogP contribution in [0.1, 0.15) is 0 Å². The Hall–Kier alpha value is -2.23.